The highest BCUT2D eigenvalue weighted by atomic mass is 19.1. The predicted molar refractivity (Wildman–Crippen MR) is 124 cm³/mol. The lowest BCUT2D eigenvalue weighted by Gasteiger charge is -2.27. The number of furan rings is 1. The van der Waals surface area contributed by atoms with E-state index in [-0.39, 0.29) is 23.4 Å². The number of hydrogen-bond acceptors (Lipinski definition) is 6. The highest BCUT2D eigenvalue weighted by Gasteiger charge is 2.45. The Bertz CT molecular complexity index is 1440. The molecule has 1 atom stereocenters. The average Bonchev–Trinajstić information content (AvgIpc) is 3.59. The van der Waals surface area contributed by atoms with Crippen molar-refractivity contribution < 1.29 is 28.2 Å². The van der Waals surface area contributed by atoms with Gasteiger partial charge in [-0.3, -0.25) is 9.59 Å². The van der Waals surface area contributed by atoms with Gasteiger partial charge in [0.1, 0.15) is 5.82 Å². The minimum Gasteiger partial charge on any atom is -0.503 e. The molecule has 1 N–H and O–H groups in total. The highest BCUT2D eigenvalue weighted by Crippen LogP contribution is 2.41. The zero-order valence-electron chi connectivity index (χ0n) is 18.8. The Morgan fingerprint density at radius 2 is 2.03 bits per heavy atom. The number of aryl methyl sites for hydroxylation is 1. The van der Waals surface area contributed by atoms with Gasteiger partial charge in [0, 0.05) is 36.4 Å². The number of aliphatic hydroxyl groups is 1. The Kier molecular flexibility index (Phi) is 5.82. The van der Waals surface area contributed by atoms with E-state index < -0.39 is 29.3 Å². The third-order valence-electron chi connectivity index (χ3n) is 6.07. The number of carbonyl (C=O) groups excluding carboxylic acids is 2. The number of Topliss-reactive ketones (excluding diaryl/α,β-unsaturated/α-hetero) is 1. The number of aliphatic hydroxyl groups excluding tert-OH is 1. The maximum atomic E-state index is 14.9. The molecular formula is C26H22FN3O5. The first kappa shape index (κ1) is 22.4. The van der Waals surface area contributed by atoms with Crippen LogP contribution in [0.4, 0.5) is 4.39 Å². The van der Waals surface area contributed by atoms with Crippen molar-refractivity contribution in [1.29, 1.82) is 0 Å². The van der Waals surface area contributed by atoms with Gasteiger partial charge in [-0.15, -0.1) is 0 Å². The van der Waals surface area contributed by atoms with E-state index in [1.54, 1.807) is 43.0 Å². The summed E-state index contributed by atoms with van der Waals surface area (Å²) < 4.78 is 27.8. The number of imidazole rings is 1. The second-order valence-electron chi connectivity index (χ2n) is 8.16. The van der Waals surface area contributed by atoms with Crippen LogP contribution in [0, 0.1) is 5.82 Å². The molecule has 0 bridgehead atoms. The lowest BCUT2D eigenvalue weighted by Crippen LogP contribution is -2.33. The standard InChI is InChI=1S/C26H22FN3O5/c1-34-19-9-4-6-16-14-20(35-25(16)19)23(31)21-22(17-7-2-3-8-18(17)27)30(26(33)24(21)32)12-5-11-29-13-10-28-15-29/h2-4,6-10,13-15,22,32H,5,11-12H2,1H3. The van der Waals surface area contributed by atoms with Crippen LogP contribution in [0.2, 0.25) is 0 Å². The zero-order valence-corrected chi connectivity index (χ0v) is 18.8. The monoisotopic (exact) mass is 475 g/mol. The molecule has 0 radical (unpaired) electrons. The number of ketones is 1. The van der Waals surface area contributed by atoms with E-state index in [0.29, 0.717) is 29.7 Å². The highest BCUT2D eigenvalue weighted by molar-refractivity contribution is 6.16. The van der Waals surface area contributed by atoms with Crippen LogP contribution in [0.1, 0.15) is 28.6 Å². The number of nitrogens with zero attached hydrogens (tertiary/aromatic N) is 3. The van der Waals surface area contributed by atoms with Crippen molar-refractivity contribution >= 4 is 22.7 Å². The van der Waals surface area contributed by atoms with E-state index in [0.717, 1.165) is 0 Å². The first-order chi connectivity index (χ1) is 17.0. The topological polar surface area (TPSA) is 97.8 Å². The fraction of sp³-hybridized carbons (Fsp3) is 0.192. The number of methoxy groups -OCH3 is 1. The molecule has 0 fully saturated rings. The summed E-state index contributed by atoms with van der Waals surface area (Å²) >= 11 is 0. The quantitative estimate of drug-likeness (QED) is 0.378. The number of aromatic nitrogens is 2. The van der Waals surface area contributed by atoms with Gasteiger partial charge >= 0.3 is 0 Å². The third-order valence-corrected chi connectivity index (χ3v) is 6.07. The van der Waals surface area contributed by atoms with Crippen molar-refractivity contribution in [2.45, 2.75) is 19.0 Å². The molecule has 3 heterocycles. The lowest BCUT2D eigenvalue weighted by molar-refractivity contribution is -0.129. The van der Waals surface area contributed by atoms with Crippen molar-refractivity contribution in [3.8, 4) is 5.75 Å². The van der Waals surface area contributed by atoms with Crippen LogP contribution in [-0.2, 0) is 11.3 Å². The van der Waals surface area contributed by atoms with Crippen molar-refractivity contribution in [2.75, 3.05) is 13.7 Å². The number of benzene rings is 2. The number of hydrogen-bond donors (Lipinski definition) is 1. The van der Waals surface area contributed by atoms with Gasteiger partial charge in [0.05, 0.1) is 25.1 Å². The van der Waals surface area contributed by atoms with Crippen molar-refractivity contribution in [1.82, 2.24) is 14.5 Å². The second-order valence-corrected chi connectivity index (χ2v) is 8.16. The minimum absolute atomic E-state index is 0.0829. The van der Waals surface area contributed by atoms with E-state index in [9.17, 15) is 19.1 Å². The van der Waals surface area contributed by atoms with Gasteiger partial charge in [-0.05, 0) is 24.6 Å². The molecule has 1 aliphatic rings. The largest absolute Gasteiger partial charge is 0.503 e. The molecule has 2 aromatic carbocycles. The SMILES string of the molecule is COc1cccc2cc(C(=O)C3=C(O)C(=O)N(CCCn4ccnc4)C3c3ccccc3F)oc12. The summed E-state index contributed by atoms with van der Waals surface area (Å²) in [5.74, 6) is -2.37. The van der Waals surface area contributed by atoms with Crippen molar-refractivity contribution in [3.63, 3.8) is 0 Å². The Balaban J connectivity index is 1.53. The zero-order chi connectivity index (χ0) is 24.5. The molecule has 35 heavy (non-hydrogen) atoms. The van der Waals surface area contributed by atoms with Crippen LogP contribution < -0.4 is 4.74 Å². The smallest absolute Gasteiger partial charge is 0.290 e. The molecule has 4 aromatic rings. The van der Waals surface area contributed by atoms with Gasteiger partial charge in [-0.25, -0.2) is 9.37 Å². The van der Waals surface area contributed by atoms with Crippen LogP contribution in [0.5, 0.6) is 5.75 Å². The maximum Gasteiger partial charge on any atom is 0.290 e. The summed E-state index contributed by atoms with van der Waals surface area (Å²) in [7, 11) is 1.48. The summed E-state index contributed by atoms with van der Waals surface area (Å²) in [6, 6.07) is 11.5. The van der Waals surface area contributed by atoms with Crippen LogP contribution in [0.25, 0.3) is 11.0 Å². The summed E-state index contributed by atoms with van der Waals surface area (Å²) in [5.41, 5.74) is 0.257. The van der Waals surface area contributed by atoms with Crippen molar-refractivity contribution in [2.24, 2.45) is 0 Å². The molecule has 0 saturated carbocycles. The fourth-order valence-electron chi connectivity index (χ4n) is 4.42. The Hall–Kier alpha value is -4.40. The van der Waals surface area contributed by atoms with E-state index in [1.807, 2.05) is 4.57 Å². The molecule has 0 aliphatic carbocycles. The molecular weight excluding hydrogens is 453 g/mol. The minimum atomic E-state index is -1.10. The Labute approximate surface area is 199 Å². The molecule has 1 unspecified atom stereocenters. The van der Waals surface area contributed by atoms with Gasteiger partial charge in [-0.1, -0.05) is 30.3 Å². The van der Waals surface area contributed by atoms with Crippen LogP contribution in [0.15, 0.2) is 83.0 Å². The number of ether oxygens (including phenoxy) is 1. The molecule has 0 saturated heterocycles. The molecule has 2 aromatic heterocycles. The van der Waals surface area contributed by atoms with Gasteiger partial charge < -0.3 is 23.7 Å². The number of amides is 1. The molecule has 9 heteroatoms. The Morgan fingerprint density at radius 1 is 1.20 bits per heavy atom. The molecule has 8 nitrogen and oxygen atoms in total. The van der Waals surface area contributed by atoms with Crippen LogP contribution >= 0.6 is 0 Å². The molecule has 5 rings (SSSR count). The number of rotatable bonds is 8. The van der Waals surface area contributed by atoms with Gasteiger partial charge in [0.25, 0.3) is 5.91 Å². The molecule has 1 aliphatic heterocycles. The van der Waals surface area contributed by atoms with Crippen LogP contribution in [-0.4, -0.2) is 44.9 Å². The fourth-order valence-corrected chi connectivity index (χ4v) is 4.42. The average molecular weight is 475 g/mol. The molecule has 178 valence electrons. The molecule has 0 spiro atoms. The number of carbonyl (C=O) groups is 2. The molecule has 1 amide bonds. The summed E-state index contributed by atoms with van der Waals surface area (Å²) in [4.78, 5) is 32.0. The normalized spacial score (nSPS) is 15.9. The van der Waals surface area contributed by atoms with E-state index >= 15 is 0 Å². The number of para-hydroxylation sites is 1. The first-order valence-electron chi connectivity index (χ1n) is 11.0. The summed E-state index contributed by atoms with van der Waals surface area (Å²) in [6.45, 7) is 0.742. The van der Waals surface area contributed by atoms with E-state index in [1.165, 1.54) is 36.3 Å². The van der Waals surface area contributed by atoms with Gasteiger partial charge in [-0.2, -0.15) is 0 Å². The second kappa shape index (κ2) is 9.09. The lowest BCUT2D eigenvalue weighted by atomic mass is 9.94. The Morgan fingerprint density at radius 3 is 2.77 bits per heavy atom. The van der Waals surface area contributed by atoms with Crippen LogP contribution in [0.3, 0.4) is 0 Å². The predicted octanol–water partition coefficient (Wildman–Crippen LogP) is 4.45. The summed E-state index contributed by atoms with van der Waals surface area (Å²) in [5, 5.41) is 11.4. The van der Waals surface area contributed by atoms with Gasteiger partial charge in [0.15, 0.2) is 22.9 Å². The number of halogens is 1. The van der Waals surface area contributed by atoms with E-state index in [4.69, 9.17) is 9.15 Å². The maximum absolute atomic E-state index is 14.9. The van der Waals surface area contributed by atoms with Gasteiger partial charge in [0.2, 0.25) is 5.78 Å². The van der Waals surface area contributed by atoms with E-state index in [2.05, 4.69) is 4.98 Å². The number of fused-ring (bicyclic) bond motifs is 1. The third kappa shape index (κ3) is 3.95. The summed E-state index contributed by atoms with van der Waals surface area (Å²) in [6.07, 6.45) is 5.60. The van der Waals surface area contributed by atoms with Crippen molar-refractivity contribution in [3.05, 3.63) is 95.7 Å². The first-order valence-corrected chi connectivity index (χ1v) is 11.0.